The van der Waals surface area contributed by atoms with Crippen molar-refractivity contribution < 1.29 is 15.4 Å². The summed E-state index contributed by atoms with van der Waals surface area (Å²) < 4.78 is 1.83. The summed E-state index contributed by atoms with van der Waals surface area (Å²) in [6.07, 6.45) is 3.93. The Morgan fingerprint density at radius 2 is 2.10 bits per heavy atom. The molecule has 0 unspecified atom stereocenters. The van der Waals surface area contributed by atoms with E-state index >= 15 is 0 Å². The maximum Gasteiger partial charge on any atom is 0.356 e. The molecule has 20 heavy (non-hydrogen) atoms. The summed E-state index contributed by atoms with van der Waals surface area (Å²) in [4.78, 5) is 19.5. The van der Waals surface area contributed by atoms with Crippen molar-refractivity contribution in [1.82, 2.24) is 14.4 Å². The number of fused-ring (bicyclic) bond motifs is 5. The number of aromatic nitrogens is 3. The molecule has 3 aromatic rings. The third-order valence-electron chi connectivity index (χ3n) is 3.46. The summed E-state index contributed by atoms with van der Waals surface area (Å²) in [5, 5.41) is 9.01. The third-order valence-corrected chi connectivity index (χ3v) is 3.46. The molecule has 0 aliphatic heterocycles. The molecule has 0 amide bonds. The Kier molecular flexibility index (Phi) is 2.55. The van der Waals surface area contributed by atoms with Crippen molar-refractivity contribution >= 4 is 11.6 Å². The van der Waals surface area contributed by atoms with Crippen LogP contribution in [0.25, 0.3) is 16.9 Å². The zero-order chi connectivity index (χ0) is 13.0. The van der Waals surface area contributed by atoms with Crippen molar-refractivity contribution in [2.45, 2.75) is 6.42 Å². The van der Waals surface area contributed by atoms with Gasteiger partial charge in [0.15, 0.2) is 11.3 Å². The van der Waals surface area contributed by atoms with E-state index in [1.54, 1.807) is 12.4 Å². The molecule has 0 bridgehead atoms. The maximum absolute atomic E-state index is 11.0. The molecule has 0 spiro atoms. The second kappa shape index (κ2) is 4.14. The predicted molar refractivity (Wildman–Crippen MR) is 71.8 cm³/mol. The Balaban J connectivity index is 0.00000121. The van der Waals surface area contributed by atoms with Crippen molar-refractivity contribution in [2.75, 3.05) is 0 Å². The first kappa shape index (κ1) is 12.3. The van der Waals surface area contributed by atoms with Gasteiger partial charge >= 0.3 is 5.97 Å². The van der Waals surface area contributed by atoms with Gasteiger partial charge in [-0.3, -0.25) is 9.38 Å². The number of rotatable bonds is 1. The summed E-state index contributed by atoms with van der Waals surface area (Å²) in [7, 11) is 0. The lowest BCUT2D eigenvalue weighted by molar-refractivity contribution is 0.0691. The molecule has 6 heteroatoms. The zero-order valence-corrected chi connectivity index (χ0v) is 10.4. The Morgan fingerprint density at radius 1 is 1.30 bits per heavy atom. The lowest BCUT2D eigenvalue weighted by Gasteiger charge is -2.01. The number of carboxylic acids is 1. The molecule has 2 heterocycles. The van der Waals surface area contributed by atoms with Crippen LogP contribution in [0.15, 0.2) is 36.7 Å². The maximum atomic E-state index is 11.0. The molecule has 1 aromatic carbocycles. The molecule has 1 aliphatic carbocycles. The van der Waals surface area contributed by atoms with Gasteiger partial charge in [0.25, 0.3) is 0 Å². The lowest BCUT2D eigenvalue weighted by atomic mass is 10.1. The van der Waals surface area contributed by atoms with Gasteiger partial charge in [-0.25, -0.2) is 9.78 Å². The van der Waals surface area contributed by atoms with E-state index < -0.39 is 5.97 Å². The fourth-order valence-corrected chi connectivity index (χ4v) is 2.60. The lowest BCUT2D eigenvalue weighted by Crippen LogP contribution is -1.96. The van der Waals surface area contributed by atoms with E-state index in [4.69, 9.17) is 5.11 Å². The van der Waals surface area contributed by atoms with E-state index in [9.17, 15) is 4.79 Å². The summed E-state index contributed by atoms with van der Waals surface area (Å²) in [6.45, 7) is 0. The van der Waals surface area contributed by atoms with E-state index in [2.05, 4.69) is 16.0 Å². The highest BCUT2D eigenvalue weighted by atomic mass is 16.4. The molecule has 0 radical (unpaired) electrons. The van der Waals surface area contributed by atoms with Crippen molar-refractivity contribution in [3.63, 3.8) is 0 Å². The van der Waals surface area contributed by atoms with Crippen LogP contribution >= 0.6 is 0 Å². The molecule has 6 nitrogen and oxygen atoms in total. The van der Waals surface area contributed by atoms with E-state index in [-0.39, 0.29) is 11.2 Å². The van der Waals surface area contributed by atoms with Crippen molar-refractivity contribution in [3.05, 3.63) is 53.6 Å². The van der Waals surface area contributed by atoms with Gasteiger partial charge in [0.05, 0.1) is 17.6 Å². The number of hydrogen-bond acceptors (Lipinski definition) is 3. The van der Waals surface area contributed by atoms with Crippen LogP contribution in [0.3, 0.4) is 0 Å². The normalized spacial score (nSPS) is 11.8. The number of imidazole rings is 1. The Morgan fingerprint density at radius 3 is 2.90 bits per heavy atom. The summed E-state index contributed by atoms with van der Waals surface area (Å²) in [6, 6.07) is 8.09. The molecule has 2 aromatic heterocycles. The van der Waals surface area contributed by atoms with Gasteiger partial charge in [0.1, 0.15) is 0 Å². The van der Waals surface area contributed by atoms with Crippen LogP contribution < -0.4 is 0 Å². The van der Waals surface area contributed by atoms with Crippen LogP contribution in [-0.4, -0.2) is 30.9 Å². The first-order chi connectivity index (χ1) is 9.24. The molecular weight excluding hydrogens is 258 g/mol. The molecule has 0 atom stereocenters. The van der Waals surface area contributed by atoms with Gasteiger partial charge in [-0.15, -0.1) is 0 Å². The van der Waals surface area contributed by atoms with Gasteiger partial charge in [0, 0.05) is 18.2 Å². The standard InChI is InChI=1S/C14H9N3O2.H2O/c18-14(19)10-7-17-11-5-8-3-1-2-4-9(8)13(11)15-6-12(17)16-10;/h1-4,6-7H,5H2,(H,18,19);1H2. The van der Waals surface area contributed by atoms with Crippen molar-refractivity contribution in [2.24, 2.45) is 0 Å². The van der Waals surface area contributed by atoms with E-state index in [0.717, 1.165) is 23.4 Å². The monoisotopic (exact) mass is 269 g/mol. The first-order valence-electron chi connectivity index (χ1n) is 5.92. The summed E-state index contributed by atoms with van der Waals surface area (Å²) >= 11 is 0. The SMILES string of the molecule is O.O=C(O)c1cn2c3c(ncc2n1)-c1ccccc1C3. The van der Waals surface area contributed by atoms with Gasteiger partial charge in [-0.05, 0) is 5.56 Å². The molecule has 4 rings (SSSR count). The van der Waals surface area contributed by atoms with E-state index in [0.29, 0.717) is 5.65 Å². The molecule has 100 valence electrons. The summed E-state index contributed by atoms with van der Waals surface area (Å²) in [5.74, 6) is -1.02. The minimum Gasteiger partial charge on any atom is -0.476 e. The molecule has 0 fully saturated rings. The predicted octanol–water partition coefficient (Wildman–Crippen LogP) is 1.17. The number of carboxylic acid groups (broad SMARTS) is 1. The molecule has 1 aliphatic rings. The highest BCUT2D eigenvalue weighted by Gasteiger charge is 2.23. The van der Waals surface area contributed by atoms with Gasteiger partial charge in [-0.2, -0.15) is 0 Å². The van der Waals surface area contributed by atoms with Crippen LogP contribution in [0.2, 0.25) is 0 Å². The van der Waals surface area contributed by atoms with Gasteiger partial charge in [-0.1, -0.05) is 24.3 Å². The smallest absolute Gasteiger partial charge is 0.356 e. The summed E-state index contributed by atoms with van der Waals surface area (Å²) in [5.41, 5.74) is 4.86. The molecular formula is C14H11N3O3. The van der Waals surface area contributed by atoms with Gasteiger partial charge < -0.3 is 10.6 Å². The Bertz CT molecular complexity index is 839. The minimum absolute atomic E-state index is 0. The fourth-order valence-electron chi connectivity index (χ4n) is 2.60. The van der Waals surface area contributed by atoms with E-state index in [1.165, 1.54) is 5.56 Å². The average molecular weight is 269 g/mol. The number of benzene rings is 1. The van der Waals surface area contributed by atoms with Gasteiger partial charge in [0.2, 0.25) is 0 Å². The zero-order valence-electron chi connectivity index (χ0n) is 10.4. The van der Waals surface area contributed by atoms with Crippen LogP contribution in [-0.2, 0) is 6.42 Å². The number of nitrogens with zero attached hydrogens (tertiary/aromatic N) is 3. The fraction of sp³-hybridized carbons (Fsp3) is 0.0714. The Hall–Kier alpha value is -2.73. The van der Waals surface area contributed by atoms with Crippen LogP contribution in [0, 0.1) is 0 Å². The van der Waals surface area contributed by atoms with Crippen LogP contribution in [0.4, 0.5) is 0 Å². The number of carbonyl (C=O) groups is 1. The number of hydrogen-bond donors (Lipinski definition) is 1. The minimum atomic E-state index is -1.02. The number of aromatic carboxylic acids is 1. The largest absolute Gasteiger partial charge is 0.476 e. The highest BCUT2D eigenvalue weighted by Crippen LogP contribution is 2.34. The second-order valence-corrected chi connectivity index (χ2v) is 4.55. The first-order valence-corrected chi connectivity index (χ1v) is 5.92. The van der Waals surface area contributed by atoms with Crippen LogP contribution in [0.5, 0.6) is 0 Å². The van der Waals surface area contributed by atoms with Crippen molar-refractivity contribution in [1.29, 1.82) is 0 Å². The van der Waals surface area contributed by atoms with Crippen molar-refractivity contribution in [3.8, 4) is 11.3 Å². The molecule has 3 N–H and O–H groups in total. The molecule has 0 saturated heterocycles. The Labute approximate surface area is 113 Å². The molecule has 0 saturated carbocycles. The average Bonchev–Trinajstić information content (AvgIpc) is 2.99. The van der Waals surface area contributed by atoms with E-state index in [1.807, 2.05) is 22.6 Å². The van der Waals surface area contributed by atoms with Crippen LogP contribution in [0.1, 0.15) is 21.7 Å². The topological polar surface area (TPSA) is 99.0 Å². The second-order valence-electron chi connectivity index (χ2n) is 4.55. The quantitative estimate of drug-likeness (QED) is 0.560. The highest BCUT2D eigenvalue weighted by molar-refractivity contribution is 5.86. The third kappa shape index (κ3) is 1.52.